The minimum atomic E-state index is -4.53. The highest BCUT2D eigenvalue weighted by Gasteiger charge is 2.49. The van der Waals surface area contributed by atoms with Crippen molar-refractivity contribution in [3.8, 4) is 0 Å². The molecule has 11 heteroatoms. The summed E-state index contributed by atoms with van der Waals surface area (Å²) in [4.78, 5) is 19.8. The summed E-state index contributed by atoms with van der Waals surface area (Å²) in [6.07, 6.45) is -5.04. The first-order valence-corrected chi connectivity index (χ1v) is 11.2. The number of aromatic nitrogens is 1. The first-order chi connectivity index (χ1) is 13.3. The Morgan fingerprint density at radius 1 is 1.17 bits per heavy atom. The van der Waals surface area contributed by atoms with E-state index in [1.54, 1.807) is 44.4 Å². The Bertz CT molecular complexity index is 785. The van der Waals surface area contributed by atoms with Crippen molar-refractivity contribution in [3.63, 3.8) is 0 Å². The molecule has 1 aliphatic heterocycles. The lowest BCUT2D eigenvalue weighted by molar-refractivity contribution is -0.137. The summed E-state index contributed by atoms with van der Waals surface area (Å²) in [5, 5.41) is 10.2. The molecule has 1 saturated heterocycles. The molecule has 1 atom stereocenters. The van der Waals surface area contributed by atoms with Gasteiger partial charge in [-0.05, 0) is 50.5 Å². The number of carbonyl (C=O) groups excluding carboxylic acids is 1. The number of nitrogens with zero attached hydrogens (tertiary/aromatic N) is 3. The van der Waals surface area contributed by atoms with Crippen LogP contribution in [0.15, 0.2) is 4.60 Å². The average molecular weight is 516 g/mol. The van der Waals surface area contributed by atoms with Crippen LogP contribution in [-0.4, -0.2) is 58.0 Å². The van der Waals surface area contributed by atoms with Gasteiger partial charge in [0.05, 0.1) is 11.6 Å². The van der Waals surface area contributed by atoms with Crippen LogP contribution in [0.25, 0.3) is 0 Å². The number of ether oxygens (including phenoxy) is 1. The molecule has 1 unspecified atom stereocenters. The molecule has 2 heterocycles. The number of carbonyl (C=O) groups is 1. The van der Waals surface area contributed by atoms with Crippen molar-refractivity contribution < 1.29 is 27.8 Å². The highest BCUT2D eigenvalue weighted by Crippen LogP contribution is 2.44. The normalized spacial score (nSPS) is 19.3. The smallest absolute Gasteiger partial charge is 0.443 e. The minimum absolute atomic E-state index is 0.116. The highest BCUT2D eigenvalue weighted by molar-refractivity contribution is 9.10. The number of aliphatic hydroxyl groups is 1. The molecule has 1 aliphatic rings. The SMILES string of the molecule is CC(C)(C)OC(=O)N1CCN(c2sc(C(F)(F)F)nc2Br)CC1C(C)(C)C(C)(C)O. The minimum Gasteiger partial charge on any atom is -0.444 e. The van der Waals surface area contributed by atoms with Crippen LogP contribution in [0.1, 0.15) is 53.5 Å². The van der Waals surface area contributed by atoms with Crippen LogP contribution in [0.4, 0.5) is 23.0 Å². The first-order valence-electron chi connectivity index (χ1n) is 9.55. The molecule has 0 radical (unpaired) electrons. The van der Waals surface area contributed by atoms with Crippen LogP contribution < -0.4 is 4.90 Å². The molecule has 0 saturated carbocycles. The molecule has 2 rings (SSSR count). The Morgan fingerprint density at radius 2 is 1.73 bits per heavy atom. The van der Waals surface area contributed by atoms with Gasteiger partial charge in [0.2, 0.25) is 5.01 Å². The number of hydrogen-bond acceptors (Lipinski definition) is 6. The molecule has 1 aromatic heterocycles. The van der Waals surface area contributed by atoms with Gasteiger partial charge >= 0.3 is 12.3 Å². The Labute approximate surface area is 187 Å². The molecular formula is C19H29BrF3N3O3S. The zero-order chi connectivity index (χ0) is 23.3. The number of alkyl halides is 3. The van der Waals surface area contributed by atoms with Gasteiger partial charge in [-0.2, -0.15) is 13.2 Å². The van der Waals surface area contributed by atoms with Crippen LogP contribution in [-0.2, 0) is 10.9 Å². The standard InChI is InChI=1S/C19H29BrF3N3O3S/c1-16(2,3)29-15(27)26-9-8-25(10-11(26)17(4,5)18(6,7)28)13-12(20)24-14(30-13)19(21,22)23/h11,28H,8-10H2,1-7H3. The molecule has 0 spiro atoms. The molecule has 1 amide bonds. The van der Waals surface area contributed by atoms with Gasteiger partial charge < -0.3 is 19.6 Å². The van der Waals surface area contributed by atoms with E-state index in [-0.39, 0.29) is 17.7 Å². The third kappa shape index (κ3) is 5.40. The zero-order valence-corrected chi connectivity index (χ0v) is 20.6. The van der Waals surface area contributed by atoms with Gasteiger partial charge in [0.1, 0.15) is 15.2 Å². The molecule has 172 valence electrons. The van der Waals surface area contributed by atoms with E-state index < -0.39 is 39.9 Å². The van der Waals surface area contributed by atoms with E-state index in [9.17, 15) is 23.1 Å². The van der Waals surface area contributed by atoms with E-state index in [4.69, 9.17) is 4.74 Å². The summed E-state index contributed by atoms with van der Waals surface area (Å²) >= 11 is 3.70. The van der Waals surface area contributed by atoms with Gasteiger partial charge in [0, 0.05) is 25.0 Å². The van der Waals surface area contributed by atoms with Gasteiger partial charge in [0.25, 0.3) is 0 Å². The number of thiazole rings is 1. The van der Waals surface area contributed by atoms with Gasteiger partial charge in [-0.1, -0.05) is 25.2 Å². The maximum atomic E-state index is 13.1. The third-order valence-electron chi connectivity index (χ3n) is 5.52. The van der Waals surface area contributed by atoms with Crippen LogP contribution in [0, 0.1) is 5.41 Å². The van der Waals surface area contributed by atoms with E-state index in [0.717, 1.165) is 0 Å². The molecule has 0 aromatic carbocycles. The number of piperazine rings is 1. The van der Waals surface area contributed by atoms with E-state index in [2.05, 4.69) is 20.9 Å². The van der Waals surface area contributed by atoms with Crippen molar-refractivity contribution >= 4 is 38.4 Å². The molecule has 1 N–H and O–H groups in total. The maximum Gasteiger partial charge on any atom is 0.443 e. The van der Waals surface area contributed by atoms with Gasteiger partial charge in [-0.25, -0.2) is 9.78 Å². The molecule has 30 heavy (non-hydrogen) atoms. The maximum absolute atomic E-state index is 13.1. The summed E-state index contributed by atoms with van der Waals surface area (Å²) in [7, 11) is 0. The fourth-order valence-electron chi connectivity index (χ4n) is 3.14. The van der Waals surface area contributed by atoms with E-state index in [0.29, 0.717) is 22.9 Å². The number of halogens is 4. The number of amides is 1. The lowest BCUT2D eigenvalue weighted by Gasteiger charge is -2.52. The van der Waals surface area contributed by atoms with Crippen molar-refractivity contribution in [2.24, 2.45) is 5.41 Å². The summed E-state index contributed by atoms with van der Waals surface area (Å²) < 4.78 is 45.0. The zero-order valence-electron chi connectivity index (χ0n) is 18.2. The van der Waals surface area contributed by atoms with Crippen molar-refractivity contribution in [1.29, 1.82) is 0 Å². The second kappa shape index (κ2) is 8.12. The molecule has 6 nitrogen and oxygen atoms in total. The molecule has 0 bridgehead atoms. The van der Waals surface area contributed by atoms with Gasteiger partial charge in [-0.3, -0.25) is 0 Å². The predicted molar refractivity (Wildman–Crippen MR) is 114 cm³/mol. The molecular weight excluding hydrogens is 487 g/mol. The Balaban J connectivity index is 2.40. The largest absolute Gasteiger partial charge is 0.444 e. The van der Waals surface area contributed by atoms with Crippen LogP contribution >= 0.6 is 27.3 Å². The second-order valence-electron chi connectivity index (χ2n) is 9.53. The average Bonchev–Trinajstić information content (AvgIpc) is 2.93. The predicted octanol–water partition coefficient (Wildman–Crippen LogP) is 5.15. The third-order valence-corrected chi connectivity index (χ3v) is 7.49. The Hall–Kier alpha value is -1.07. The van der Waals surface area contributed by atoms with Crippen LogP contribution in [0.3, 0.4) is 0 Å². The molecule has 1 aromatic rings. The highest BCUT2D eigenvalue weighted by atomic mass is 79.9. The molecule has 1 fully saturated rings. The topological polar surface area (TPSA) is 65.9 Å². The van der Waals surface area contributed by atoms with E-state index in [1.165, 1.54) is 0 Å². The lowest BCUT2D eigenvalue weighted by atomic mass is 9.70. The van der Waals surface area contributed by atoms with E-state index in [1.807, 2.05) is 13.8 Å². The Morgan fingerprint density at radius 3 is 2.17 bits per heavy atom. The van der Waals surface area contributed by atoms with Crippen molar-refractivity contribution in [2.75, 3.05) is 24.5 Å². The first kappa shape index (κ1) is 25.2. The lowest BCUT2D eigenvalue weighted by Crippen LogP contribution is -2.65. The fraction of sp³-hybridized carbons (Fsp3) is 0.789. The number of hydrogen-bond donors (Lipinski definition) is 1. The van der Waals surface area contributed by atoms with Crippen molar-refractivity contribution in [1.82, 2.24) is 9.88 Å². The van der Waals surface area contributed by atoms with E-state index >= 15 is 0 Å². The Kier molecular flexibility index (Phi) is 6.82. The monoisotopic (exact) mass is 515 g/mol. The van der Waals surface area contributed by atoms with Gasteiger partial charge in [0.15, 0.2) is 0 Å². The number of anilines is 1. The molecule has 0 aliphatic carbocycles. The summed E-state index contributed by atoms with van der Waals surface area (Å²) in [6.45, 7) is 13.1. The summed E-state index contributed by atoms with van der Waals surface area (Å²) in [5.41, 5.74) is -2.64. The fourth-order valence-corrected chi connectivity index (χ4v) is 4.79. The summed E-state index contributed by atoms with van der Waals surface area (Å²) in [5.74, 6) is 0. The van der Waals surface area contributed by atoms with Crippen molar-refractivity contribution in [3.05, 3.63) is 9.61 Å². The summed E-state index contributed by atoms with van der Waals surface area (Å²) in [6, 6.07) is -0.510. The number of rotatable bonds is 3. The van der Waals surface area contributed by atoms with Crippen molar-refractivity contribution in [2.45, 2.75) is 71.9 Å². The van der Waals surface area contributed by atoms with Crippen LogP contribution in [0.2, 0.25) is 0 Å². The van der Waals surface area contributed by atoms with Gasteiger partial charge in [-0.15, -0.1) is 0 Å². The van der Waals surface area contributed by atoms with Crippen LogP contribution in [0.5, 0.6) is 0 Å². The second-order valence-corrected chi connectivity index (χ2v) is 11.3. The quantitative estimate of drug-likeness (QED) is 0.603.